The van der Waals surface area contributed by atoms with Gasteiger partial charge in [-0.1, -0.05) is 18.2 Å². The number of nitrogens with one attached hydrogen (secondary N) is 1. The van der Waals surface area contributed by atoms with Gasteiger partial charge < -0.3 is 15.0 Å². The Balaban J connectivity index is 1.56. The largest absolute Gasteiger partial charge is 0.376 e. The smallest absolute Gasteiger partial charge is 0.256 e. The van der Waals surface area contributed by atoms with Crippen molar-refractivity contribution >= 4 is 23.6 Å². The van der Waals surface area contributed by atoms with Crippen LogP contribution in [0.25, 0.3) is 0 Å². The van der Waals surface area contributed by atoms with Crippen molar-refractivity contribution in [3.05, 3.63) is 35.4 Å². The van der Waals surface area contributed by atoms with Crippen LogP contribution < -0.4 is 5.32 Å². The lowest BCUT2D eigenvalue weighted by Gasteiger charge is -2.29. The van der Waals surface area contributed by atoms with E-state index in [4.69, 9.17) is 4.74 Å². The van der Waals surface area contributed by atoms with E-state index in [9.17, 15) is 9.59 Å². The summed E-state index contributed by atoms with van der Waals surface area (Å²) in [4.78, 5) is 27.5. The highest BCUT2D eigenvalue weighted by molar-refractivity contribution is 8.01. The summed E-state index contributed by atoms with van der Waals surface area (Å²) in [7, 11) is 0. The molecule has 1 N–H and O–H groups in total. The Morgan fingerprint density at radius 1 is 1.42 bits per heavy atom. The van der Waals surface area contributed by atoms with Crippen molar-refractivity contribution in [2.45, 2.75) is 49.0 Å². The van der Waals surface area contributed by atoms with Crippen LogP contribution in [0.4, 0.5) is 0 Å². The van der Waals surface area contributed by atoms with E-state index in [0.717, 1.165) is 30.6 Å². The summed E-state index contributed by atoms with van der Waals surface area (Å²) in [6.07, 6.45) is 2.14. The predicted molar refractivity (Wildman–Crippen MR) is 92.8 cm³/mol. The molecule has 3 atom stereocenters. The highest BCUT2D eigenvalue weighted by atomic mass is 32.2. The van der Waals surface area contributed by atoms with Gasteiger partial charge in [-0.15, -0.1) is 11.8 Å². The minimum absolute atomic E-state index is 0.0362. The molecule has 3 aliphatic heterocycles. The van der Waals surface area contributed by atoms with Crippen LogP contribution in [0.3, 0.4) is 0 Å². The number of hydrogen-bond donors (Lipinski definition) is 1. The quantitative estimate of drug-likeness (QED) is 0.913. The van der Waals surface area contributed by atoms with E-state index in [1.54, 1.807) is 16.7 Å². The van der Waals surface area contributed by atoms with Gasteiger partial charge in [0.1, 0.15) is 11.4 Å². The lowest BCUT2D eigenvalue weighted by Crippen LogP contribution is -2.53. The van der Waals surface area contributed by atoms with Crippen LogP contribution in [-0.4, -0.2) is 46.8 Å². The second kappa shape index (κ2) is 5.77. The SMILES string of the molecule is CC1(C)S[C@H]2c3ccccc3C(=O)N2[C@H]1C(=O)NC[C@H]1CCCO1. The molecule has 128 valence electrons. The zero-order valence-electron chi connectivity index (χ0n) is 14.0. The minimum Gasteiger partial charge on any atom is -0.376 e. The van der Waals surface area contributed by atoms with Gasteiger partial charge in [-0.2, -0.15) is 0 Å². The minimum atomic E-state index is -0.464. The number of carbonyl (C=O) groups excluding carboxylic acids is 2. The molecule has 6 heteroatoms. The Labute approximate surface area is 146 Å². The van der Waals surface area contributed by atoms with Crippen molar-refractivity contribution in [1.29, 1.82) is 0 Å². The number of benzene rings is 1. The van der Waals surface area contributed by atoms with Crippen LogP contribution >= 0.6 is 11.8 Å². The lowest BCUT2D eigenvalue weighted by molar-refractivity contribution is -0.126. The Hall–Kier alpha value is -1.53. The second-order valence-electron chi connectivity index (χ2n) is 7.16. The van der Waals surface area contributed by atoms with Gasteiger partial charge in [0.2, 0.25) is 5.91 Å². The fourth-order valence-corrected chi connectivity index (χ4v) is 5.51. The van der Waals surface area contributed by atoms with E-state index in [1.807, 2.05) is 38.1 Å². The number of amides is 2. The monoisotopic (exact) mass is 346 g/mol. The van der Waals surface area contributed by atoms with Gasteiger partial charge in [0.25, 0.3) is 5.91 Å². The number of rotatable bonds is 3. The second-order valence-corrected chi connectivity index (χ2v) is 8.89. The highest BCUT2D eigenvalue weighted by Gasteiger charge is 2.57. The Morgan fingerprint density at radius 2 is 2.21 bits per heavy atom. The Bertz CT molecular complexity index is 685. The molecule has 0 aromatic heterocycles. The van der Waals surface area contributed by atoms with Crippen molar-refractivity contribution in [2.24, 2.45) is 0 Å². The summed E-state index contributed by atoms with van der Waals surface area (Å²) < 4.78 is 5.25. The molecule has 0 saturated carbocycles. The maximum atomic E-state index is 12.9. The maximum Gasteiger partial charge on any atom is 0.256 e. The first-order chi connectivity index (χ1) is 11.5. The standard InChI is InChI=1S/C18H22N2O3S/c1-18(2)14(15(21)19-10-11-6-5-9-23-11)20-16(22)12-7-3-4-8-13(12)17(20)24-18/h3-4,7-8,11,14,17H,5-6,9-10H2,1-2H3,(H,19,21)/t11-,14+,17+/m1/s1. The number of thioether (sulfide) groups is 1. The third kappa shape index (κ3) is 2.43. The fourth-order valence-electron chi connectivity index (χ4n) is 3.92. The van der Waals surface area contributed by atoms with Crippen molar-refractivity contribution in [3.63, 3.8) is 0 Å². The van der Waals surface area contributed by atoms with Gasteiger partial charge in [-0.3, -0.25) is 9.59 Å². The summed E-state index contributed by atoms with van der Waals surface area (Å²) in [5.74, 6) is -0.113. The predicted octanol–water partition coefficient (Wildman–Crippen LogP) is 2.33. The molecule has 2 saturated heterocycles. The zero-order chi connectivity index (χ0) is 16.9. The molecule has 0 bridgehead atoms. The van der Waals surface area contributed by atoms with Gasteiger partial charge in [0, 0.05) is 23.5 Å². The molecular weight excluding hydrogens is 324 g/mol. The van der Waals surface area contributed by atoms with E-state index in [-0.39, 0.29) is 28.0 Å². The molecule has 0 unspecified atom stereocenters. The fraction of sp³-hybridized carbons (Fsp3) is 0.556. The molecule has 5 nitrogen and oxygen atoms in total. The number of fused-ring (bicyclic) bond motifs is 3. The lowest BCUT2D eigenvalue weighted by atomic mass is 10.0. The van der Waals surface area contributed by atoms with Crippen LogP contribution in [0.15, 0.2) is 24.3 Å². The first kappa shape index (κ1) is 16.0. The van der Waals surface area contributed by atoms with Crippen molar-refractivity contribution < 1.29 is 14.3 Å². The van der Waals surface area contributed by atoms with Crippen LogP contribution in [0.2, 0.25) is 0 Å². The van der Waals surface area contributed by atoms with Gasteiger partial charge >= 0.3 is 0 Å². The molecular formula is C18H22N2O3S. The summed E-state index contributed by atoms with van der Waals surface area (Å²) in [5.41, 5.74) is 1.75. The van der Waals surface area contributed by atoms with Gasteiger partial charge in [0.15, 0.2) is 0 Å². The molecule has 0 aliphatic carbocycles. The average Bonchev–Trinajstić information content (AvgIpc) is 3.22. The van der Waals surface area contributed by atoms with Gasteiger partial charge in [0.05, 0.1) is 6.10 Å². The van der Waals surface area contributed by atoms with E-state index < -0.39 is 6.04 Å². The molecule has 0 radical (unpaired) electrons. The maximum absolute atomic E-state index is 12.9. The molecule has 3 aliphatic rings. The van der Waals surface area contributed by atoms with Crippen LogP contribution in [0.5, 0.6) is 0 Å². The summed E-state index contributed by atoms with van der Waals surface area (Å²) in [5, 5.41) is 2.94. The first-order valence-electron chi connectivity index (χ1n) is 8.48. The zero-order valence-corrected chi connectivity index (χ0v) is 14.8. The van der Waals surface area contributed by atoms with Gasteiger partial charge in [-0.05, 0) is 38.3 Å². The average molecular weight is 346 g/mol. The molecule has 3 heterocycles. The summed E-state index contributed by atoms with van der Waals surface area (Å²) in [6, 6.07) is 7.21. The normalized spacial score (nSPS) is 30.3. The van der Waals surface area contributed by atoms with Crippen molar-refractivity contribution in [3.8, 4) is 0 Å². The summed E-state index contributed by atoms with van der Waals surface area (Å²) >= 11 is 1.69. The molecule has 2 fully saturated rings. The van der Waals surface area contributed by atoms with E-state index in [0.29, 0.717) is 6.54 Å². The van der Waals surface area contributed by atoms with Crippen molar-refractivity contribution in [1.82, 2.24) is 10.2 Å². The topological polar surface area (TPSA) is 58.6 Å². The van der Waals surface area contributed by atoms with E-state index in [2.05, 4.69) is 5.32 Å². The molecule has 4 rings (SSSR count). The van der Waals surface area contributed by atoms with Crippen LogP contribution in [0.1, 0.15) is 48.0 Å². The Kier molecular flexibility index (Phi) is 3.84. The molecule has 2 amide bonds. The Morgan fingerprint density at radius 3 is 2.96 bits per heavy atom. The highest BCUT2D eigenvalue weighted by Crippen LogP contribution is 2.56. The van der Waals surface area contributed by atoms with E-state index >= 15 is 0 Å². The summed E-state index contributed by atoms with van der Waals surface area (Å²) in [6.45, 7) is 5.38. The number of ether oxygens (including phenoxy) is 1. The van der Waals surface area contributed by atoms with Gasteiger partial charge in [-0.25, -0.2) is 0 Å². The molecule has 0 spiro atoms. The van der Waals surface area contributed by atoms with Crippen LogP contribution in [-0.2, 0) is 9.53 Å². The molecule has 24 heavy (non-hydrogen) atoms. The molecule has 1 aromatic carbocycles. The first-order valence-corrected chi connectivity index (χ1v) is 9.36. The molecule has 1 aromatic rings. The number of hydrogen-bond acceptors (Lipinski definition) is 4. The van der Waals surface area contributed by atoms with Crippen LogP contribution in [0, 0.1) is 0 Å². The van der Waals surface area contributed by atoms with E-state index in [1.165, 1.54) is 0 Å². The number of nitrogens with zero attached hydrogens (tertiary/aromatic N) is 1. The third-order valence-electron chi connectivity index (χ3n) is 5.07. The third-order valence-corrected chi connectivity index (χ3v) is 6.61. The van der Waals surface area contributed by atoms with Crippen molar-refractivity contribution in [2.75, 3.05) is 13.2 Å². The number of carbonyl (C=O) groups is 2.